The maximum atomic E-state index is 14.1. The summed E-state index contributed by atoms with van der Waals surface area (Å²) in [5, 5.41) is 5.85. The number of hydrogen-bond donors (Lipinski definition) is 2. The molecule has 0 saturated carbocycles. The van der Waals surface area contributed by atoms with Crippen LogP contribution in [-0.2, 0) is 9.53 Å². The summed E-state index contributed by atoms with van der Waals surface area (Å²) in [6, 6.07) is 12.3. The van der Waals surface area contributed by atoms with Crippen LogP contribution in [-0.4, -0.2) is 32.8 Å². The predicted molar refractivity (Wildman–Crippen MR) is 122 cm³/mol. The Morgan fingerprint density at radius 3 is 2.62 bits per heavy atom. The molecule has 1 atom stereocenters. The first-order valence-corrected chi connectivity index (χ1v) is 10.8. The van der Waals surface area contributed by atoms with Gasteiger partial charge >= 0.3 is 5.97 Å². The molecule has 1 unspecified atom stereocenters. The summed E-state index contributed by atoms with van der Waals surface area (Å²) >= 11 is 7.28. The molecule has 4 rings (SSSR count). The minimum absolute atomic E-state index is 0.00806. The van der Waals surface area contributed by atoms with Crippen molar-refractivity contribution in [3.05, 3.63) is 69.1 Å². The van der Waals surface area contributed by atoms with E-state index in [-0.39, 0.29) is 23.9 Å². The molecule has 7 nitrogen and oxygen atoms in total. The Kier molecular flexibility index (Phi) is 6.20. The average Bonchev–Trinajstić information content (AvgIpc) is 3.23. The molecule has 0 fully saturated rings. The Bertz CT molecular complexity index is 1170. The number of nitrogens with one attached hydrogen (secondary N) is 2. The molecule has 0 radical (unpaired) electrons. The number of carbonyl (C=O) groups excluding carboxylic acids is 2. The monoisotopic (exact) mass is 475 g/mol. The zero-order chi connectivity index (χ0) is 22.8. The minimum atomic E-state index is -0.723. The first kappa shape index (κ1) is 21.9. The molecule has 2 N–H and O–H groups in total. The van der Waals surface area contributed by atoms with Gasteiger partial charge in [0.1, 0.15) is 11.6 Å². The Morgan fingerprint density at radius 1 is 1.25 bits per heavy atom. The van der Waals surface area contributed by atoms with Gasteiger partial charge in [-0.3, -0.25) is 9.69 Å². The molecule has 32 heavy (non-hydrogen) atoms. The van der Waals surface area contributed by atoms with E-state index in [1.54, 1.807) is 43.4 Å². The van der Waals surface area contributed by atoms with Gasteiger partial charge in [0, 0.05) is 29.4 Å². The molecule has 0 aliphatic carbocycles. The topological polar surface area (TPSA) is 79.9 Å². The molecule has 2 heterocycles. The van der Waals surface area contributed by atoms with Gasteiger partial charge in [-0.15, -0.1) is 11.3 Å². The number of nitrogens with zero attached hydrogens (tertiary/aromatic N) is 1. The molecule has 1 aliphatic rings. The van der Waals surface area contributed by atoms with Crippen LogP contribution in [0.25, 0.3) is 0 Å². The van der Waals surface area contributed by atoms with E-state index in [0.717, 1.165) is 0 Å². The maximum absolute atomic E-state index is 14.1. The number of carbonyl (C=O) groups is 2. The molecule has 166 valence electrons. The van der Waals surface area contributed by atoms with Gasteiger partial charge < -0.3 is 20.1 Å². The van der Waals surface area contributed by atoms with Gasteiger partial charge in [0.2, 0.25) is 0 Å². The van der Waals surface area contributed by atoms with Gasteiger partial charge in [0.15, 0.2) is 12.8 Å². The number of benzene rings is 2. The molecule has 1 aliphatic heterocycles. The summed E-state index contributed by atoms with van der Waals surface area (Å²) in [7, 11) is 2.91. The second kappa shape index (κ2) is 9.05. The van der Waals surface area contributed by atoms with Crippen molar-refractivity contribution >= 4 is 51.9 Å². The standard InChI is InChI=1S/C22H19ClFN3O4S/c1-25-16-10-17-14(9-15(16)24)21(28)27(11-31-17)13-5-3-12(4-6-13)26-20(22(29)30-2)18-7-8-19(23)32-18/h3-10,20,25-26H,11H2,1-2H3. The van der Waals surface area contributed by atoms with Crippen LogP contribution in [0.5, 0.6) is 5.75 Å². The van der Waals surface area contributed by atoms with E-state index in [1.807, 2.05) is 0 Å². The number of hydrogen-bond acceptors (Lipinski definition) is 7. The largest absolute Gasteiger partial charge is 0.472 e. The van der Waals surface area contributed by atoms with Gasteiger partial charge in [-0.1, -0.05) is 11.6 Å². The number of esters is 1. The Balaban J connectivity index is 1.54. The number of methoxy groups -OCH3 is 1. The fourth-order valence-electron chi connectivity index (χ4n) is 3.31. The molecule has 10 heteroatoms. The fourth-order valence-corrected chi connectivity index (χ4v) is 4.41. The molecular formula is C22H19ClFN3O4S. The van der Waals surface area contributed by atoms with E-state index in [0.29, 0.717) is 26.3 Å². The Morgan fingerprint density at radius 2 is 2.00 bits per heavy atom. The van der Waals surface area contributed by atoms with Crippen LogP contribution in [0.4, 0.5) is 21.5 Å². The van der Waals surface area contributed by atoms with Crippen LogP contribution in [0.1, 0.15) is 21.3 Å². The van der Waals surface area contributed by atoms with E-state index >= 15 is 0 Å². The predicted octanol–water partition coefficient (Wildman–Crippen LogP) is 4.91. The van der Waals surface area contributed by atoms with Crippen molar-refractivity contribution in [3.8, 4) is 5.75 Å². The number of fused-ring (bicyclic) bond motifs is 1. The van der Waals surface area contributed by atoms with Crippen LogP contribution >= 0.6 is 22.9 Å². The molecule has 1 amide bonds. The summed E-state index contributed by atoms with van der Waals surface area (Å²) in [4.78, 5) is 27.3. The lowest BCUT2D eigenvalue weighted by Crippen LogP contribution is -2.38. The summed E-state index contributed by atoms with van der Waals surface area (Å²) in [6.07, 6.45) is 0. The zero-order valence-electron chi connectivity index (χ0n) is 17.1. The van der Waals surface area contributed by atoms with Gasteiger partial charge in [-0.2, -0.15) is 0 Å². The van der Waals surface area contributed by atoms with Crippen molar-refractivity contribution in [2.45, 2.75) is 6.04 Å². The van der Waals surface area contributed by atoms with Crippen molar-refractivity contribution in [2.75, 3.05) is 36.4 Å². The van der Waals surface area contributed by atoms with Crippen LogP contribution < -0.4 is 20.3 Å². The smallest absolute Gasteiger partial charge is 0.333 e. The number of halogens is 2. The van der Waals surface area contributed by atoms with Crippen molar-refractivity contribution in [1.82, 2.24) is 0 Å². The van der Waals surface area contributed by atoms with Gasteiger partial charge in [-0.25, -0.2) is 9.18 Å². The average molecular weight is 476 g/mol. The lowest BCUT2D eigenvalue weighted by Gasteiger charge is -2.29. The van der Waals surface area contributed by atoms with Crippen molar-refractivity contribution in [1.29, 1.82) is 0 Å². The van der Waals surface area contributed by atoms with Gasteiger partial charge in [0.05, 0.1) is 22.7 Å². The highest BCUT2D eigenvalue weighted by molar-refractivity contribution is 7.16. The molecule has 0 bridgehead atoms. The third-order valence-electron chi connectivity index (χ3n) is 4.97. The van der Waals surface area contributed by atoms with Crippen molar-refractivity contribution in [2.24, 2.45) is 0 Å². The van der Waals surface area contributed by atoms with Crippen LogP contribution in [0.2, 0.25) is 4.34 Å². The SMILES string of the molecule is CNc1cc2c(cc1F)C(=O)N(c1ccc(NC(C(=O)OC)c3ccc(Cl)s3)cc1)CO2. The van der Waals surface area contributed by atoms with E-state index in [2.05, 4.69) is 10.6 Å². The van der Waals surface area contributed by atoms with Crippen LogP contribution in [0, 0.1) is 5.82 Å². The molecule has 1 aromatic heterocycles. The van der Waals surface area contributed by atoms with Crippen molar-refractivity contribution < 1.29 is 23.5 Å². The Labute approximate surface area is 192 Å². The third-order valence-corrected chi connectivity index (χ3v) is 6.26. The minimum Gasteiger partial charge on any atom is -0.472 e. The fraction of sp³-hybridized carbons (Fsp3) is 0.182. The summed E-state index contributed by atoms with van der Waals surface area (Å²) in [6.45, 7) is -0.00806. The highest BCUT2D eigenvalue weighted by Crippen LogP contribution is 2.34. The quantitative estimate of drug-likeness (QED) is 0.493. The zero-order valence-corrected chi connectivity index (χ0v) is 18.7. The Hall–Kier alpha value is -3.30. The van der Waals surface area contributed by atoms with E-state index in [9.17, 15) is 14.0 Å². The maximum Gasteiger partial charge on any atom is 0.333 e. The lowest BCUT2D eigenvalue weighted by molar-refractivity contribution is -0.141. The van der Waals surface area contributed by atoms with Crippen LogP contribution in [0.15, 0.2) is 48.5 Å². The molecule has 0 saturated heterocycles. The van der Waals surface area contributed by atoms with Crippen LogP contribution in [0.3, 0.4) is 0 Å². The van der Waals surface area contributed by atoms with Gasteiger partial charge in [0.25, 0.3) is 5.91 Å². The summed E-state index contributed by atoms with van der Waals surface area (Å²) < 4.78 is 25.3. The second-order valence-corrected chi connectivity index (χ2v) is 8.62. The third kappa shape index (κ3) is 4.21. The van der Waals surface area contributed by atoms with Gasteiger partial charge in [-0.05, 0) is 42.5 Å². The molecule has 0 spiro atoms. The molecule has 2 aromatic carbocycles. The number of amides is 1. The summed E-state index contributed by atoms with van der Waals surface area (Å²) in [5.41, 5.74) is 1.62. The van der Waals surface area contributed by atoms with E-state index < -0.39 is 17.8 Å². The number of rotatable bonds is 6. The summed E-state index contributed by atoms with van der Waals surface area (Å²) in [5.74, 6) is -1.03. The normalized spacial score (nSPS) is 13.8. The number of thiophene rings is 1. The van der Waals surface area contributed by atoms with Crippen molar-refractivity contribution in [3.63, 3.8) is 0 Å². The highest BCUT2D eigenvalue weighted by atomic mass is 35.5. The van der Waals surface area contributed by atoms with E-state index in [4.69, 9.17) is 21.1 Å². The highest BCUT2D eigenvalue weighted by Gasteiger charge is 2.29. The number of ether oxygens (including phenoxy) is 2. The number of anilines is 3. The lowest BCUT2D eigenvalue weighted by atomic mass is 10.1. The first-order chi connectivity index (χ1) is 15.4. The second-order valence-electron chi connectivity index (χ2n) is 6.87. The molecule has 3 aromatic rings. The van der Waals surface area contributed by atoms with E-state index in [1.165, 1.54) is 35.5 Å². The molecular weight excluding hydrogens is 457 g/mol. The first-order valence-electron chi connectivity index (χ1n) is 9.57.